The minimum Gasteiger partial charge on any atom is -0.378 e. The van der Waals surface area contributed by atoms with Crippen molar-refractivity contribution in [1.29, 1.82) is 0 Å². The van der Waals surface area contributed by atoms with Gasteiger partial charge in [0.05, 0.1) is 42.2 Å². The molecule has 1 fully saturated rings. The van der Waals surface area contributed by atoms with Gasteiger partial charge >= 0.3 is 0 Å². The Hall–Kier alpha value is -4.85. The van der Waals surface area contributed by atoms with Crippen LogP contribution in [0.3, 0.4) is 0 Å². The van der Waals surface area contributed by atoms with Crippen LogP contribution in [-0.4, -0.2) is 67.3 Å². The predicted octanol–water partition coefficient (Wildman–Crippen LogP) is 6.73. The number of carbonyl (C=O) groups excluding carboxylic acids is 1. The maximum Gasteiger partial charge on any atom is 0.282 e. The number of morpholine rings is 1. The first-order chi connectivity index (χ1) is 25.6. The molecule has 54 heavy (non-hydrogen) atoms. The quantitative estimate of drug-likeness (QED) is 0.188. The summed E-state index contributed by atoms with van der Waals surface area (Å²) in [7, 11) is 1.73. The Morgan fingerprint density at radius 1 is 0.963 bits per heavy atom. The Morgan fingerprint density at radius 2 is 1.72 bits per heavy atom. The van der Waals surface area contributed by atoms with Gasteiger partial charge in [0.2, 0.25) is 0 Å². The van der Waals surface area contributed by atoms with E-state index in [-0.39, 0.29) is 38.8 Å². The van der Waals surface area contributed by atoms with Crippen LogP contribution in [0.5, 0.6) is 0 Å². The normalized spacial score (nSPS) is 16.1. The van der Waals surface area contributed by atoms with Gasteiger partial charge in [0.1, 0.15) is 17.3 Å². The molecule has 2 aliphatic rings. The molecule has 3 aromatic heterocycles. The second kappa shape index (κ2) is 14.4. The van der Waals surface area contributed by atoms with E-state index in [2.05, 4.69) is 36.2 Å². The van der Waals surface area contributed by atoms with Crippen LogP contribution in [0.25, 0.3) is 27.6 Å². The van der Waals surface area contributed by atoms with Gasteiger partial charge in [-0.2, -0.15) is 9.78 Å². The lowest BCUT2D eigenvalue weighted by molar-refractivity contribution is 0.0302. The Morgan fingerprint density at radius 3 is 2.41 bits per heavy atom. The fourth-order valence-electron chi connectivity index (χ4n) is 6.90. The Kier molecular flexibility index (Phi) is 10.0. The molecule has 0 bridgehead atoms. The van der Waals surface area contributed by atoms with Gasteiger partial charge in [-0.05, 0) is 91.3 Å². The summed E-state index contributed by atoms with van der Waals surface area (Å²) in [5, 5.41) is 8.17. The Balaban J connectivity index is 1.32. The number of rotatable bonds is 6. The van der Waals surface area contributed by atoms with E-state index >= 15 is 4.39 Å². The van der Waals surface area contributed by atoms with Gasteiger partial charge in [-0.1, -0.05) is 32.9 Å². The minimum absolute atomic E-state index is 0.0280. The van der Waals surface area contributed by atoms with Gasteiger partial charge in [-0.3, -0.25) is 14.4 Å². The highest BCUT2D eigenvalue weighted by Gasteiger charge is 2.30. The van der Waals surface area contributed by atoms with E-state index in [4.69, 9.17) is 8.92 Å². The molecule has 4 heterocycles. The average molecular weight is 753 g/mol. The van der Waals surface area contributed by atoms with Crippen molar-refractivity contribution in [2.45, 2.75) is 70.7 Å². The lowest BCUT2D eigenvalue weighted by Crippen LogP contribution is -2.40. The van der Waals surface area contributed by atoms with Crippen molar-refractivity contribution in [3.05, 3.63) is 110 Å². The van der Waals surface area contributed by atoms with Gasteiger partial charge < -0.3 is 23.7 Å². The Bertz CT molecular complexity index is 2370. The molecular weight excluding hydrogens is 708 g/mol. The van der Waals surface area contributed by atoms with Crippen LogP contribution in [0.15, 0.2) is 70.5 Å². The summed E-state index contributed by atoms with van der Waals surface area (Å²) in [4.78, 5) is 47.2. The van der Waals surface area contributed by atoms with Crippen molar-refractivity contribution in [2.24, 2.45) is 7.05 Å². The van der Waals surface area contributed by atoms with Gasteiger partial charge in [0, 0.05) is 60.6 Å². The van der Waals surface area contributed by atoms with Crippen molar-refractivity contribution < 1.29 is 18.1 Å². The van der Waals surface area contributed by atoms with E-state index < -0.39 is 11.4 Å². The monoisotopic (exact) mass is 752 g/mol. The number of benzene rings is 2. The number of fused-ring (bicyclic) bond motifs is 4. The summed E-state index contributed by atoms with van der Waals surface area (Å²) in [5.74, 6) is -0.310. The van der Waals surface area contributed by atoms with E-state index in [1.54, 1.807) is 40.9 Å². The fourth-order valence-corrected chi connectivity index (χ4v) is 7.46. The number of amides is 1. The molecule has 1 N–H and O–H groups in total. The number of hydrogen-bond donors (Lipinski definition) is 1. The molecule has 0 saturated carbocycles. The molecule has 1 unspecified atom stereocenters. The van der Waals surface area contributed by atoms with Crippen molar-refractivity contribution in [2.75, 3.05) is 31.6 Å². The van der Waals surface area contributed by atoms with Crippen LogP contribution in [0.4, 0.5) is 15.9 Å². The lowest BCUT2D eigenvalue weighted by atomic mass is 9.86. The van der Waals surface area contributed by atoms with E-state index in [1.165, 1.54) is 29.0 Å². The van der Waals surface area contributed by atoms with Crippen LogP contribution in [0, 0.1) is 5.82 Å². The highest BCUT2D eigenvalue weighted by Crippen LogP contribution is 2.39. The molecule has 1 amide bonds. The van der Waals surface area contributed by atoms with Crippen molar-refractivity contribution in [3.63, 3.8) is 0 Å². The molecule has 11 nitrogen and oxygen atoms in total. The van der Waals surface area contributed by atoms with Crippen LogP contribution >= 0.6 is 12.0 Å². The lowest BCUT2D eigenvalue weighted by Gasteiger charge is -2.26. The number of nitrogens with one attached hydrogen (secondary N) is 1. The molecule has 1 aliphatic heterocycles. The molecular formula is C41H45FN6O5S. The number of carbonyl (C=O) groups is 1. The highest BCUT2D eigenvalue weighted by molar-refractivity contribution is 7.96. The average Bonchev–Trinajstić information content (AvgIpc) is 3.29. The largest absolute Gasteiger partial charge is 0.378 e. The van der Waals surface area contributed by atoms with Crippen LogP contribution in [-0.2, 0) is 34.2 Å². The SMILES string of the molecule is Cn1c2c(cc(Nc3ccc(C(=O)N4CCOCC4)cn3)c1=O)-c1cccc(-n3ncc4cc(C(C)(C)C)cc(F)c4c3=O)c1CC(OSC(C)(C)C)C2. The Labute approximate surface area is 317 Å². The van der Waals surface area contributed by atoms with E-state index in [0.717, 1.165) is 27.9 Å². The van der Waals surface area contributed by atoms with Gasteiger partial charge in [-0.15, -0.1) is 0 Å². The number of anilines is 2. The van der Waals surface area contributed by atoms with Crippen molar-refractivity contribution in [1.82, 2.24) is 24.2 Å². The molecule has 1 aliphatic carbocycles. The third-order valence-electron chi connectivity index (χ3n) is 9.77. The second-order valence-corrected chi connectivity index (χ2v) is 17.5. The number of hydrogen-bond acceptors (Lipinski definition) is 9. The highest BCUT2D eigenvalue weighted by atomic mass is 32.2. The van der Waals surface area contributed by atoms with Gasteiger partial charge in [-0.25, -0.2) is 9.37 Å². The van der Waals surface area contributed by atoms with Crippen molar-refractivity contribution in [3.8, 4) is 16.8 Å². The summed E-state index contributed by atoms with van der Waals surface area (Å²) in [6, 6.07) is 14.0. The third kappa shape index (κ3) is 7.44. The number of pyridine rings is 2. The molecule has 0 spiro atoms. The summed E-state index contributed by atoms with van der Waals surface area (Å²) < 4.78 is 30.2. The van der Waals surface area contributed by atoms with Crippen molar-refractivity contribution >= 4 is 40.2 Å². The number of halogens is 1. The summed E-state index contributed by atoms with van der Waals surface area (Å²) in [5.41, 5.74) is 3.99. The maximum atomic E-state index is 15.7. The topological polar surface area (TPSA) is 121 Å². The first kappa shape index (κ1) is 37.5. The standard InChI is InChI=1S/C41H45FN6O5S/c1-40(2,3)26-17-25-23-44-48(39(51)36(25)31(42)18-26)33-10-8-9-28-29(33)19-27(53-54-41(4,5)6)20-34-30(28)21-32(38(50)46(34)7)45-35-12-11-24(22-43-35)37(49)47-13-15-52-16-14-47/h8-12,17-18,21-23,27H,13-16,19-20H2,1-7H3,(H,43,45). The van der Waals surface area contributed by atoms with Crippen LogP contribution in [0.2, 0.25) is 0 Å². The van der Waals surface area contributed by atoms with Crippen LogP contribution in [0.1, 0.15) is 68.7 Å². The summed E-state index contributed by atoms with van der Waals surface area (Å²) in [6.45, 7) is 14.2. The molecule has 7 rings (SSSR count). The zero-order valence-corrected chi connectivity index (χ0v) is 32.5. The molecule has 1 saturated heterocycles. The van der Waals surface area contributed by atoms with Gasteiger partial charge in [0.25, 0.3) is 17.0 Å². The van der Waals surface area contributed by atoms with Gasteiger partial charge in [0.15, 0.2) is 0 Å². The zero-order valence-electron chi connectivity index (χ0n) is 31.7. The molecule has 5 aromatic rings. The van der Waals surface area contributed by atoms with E-state index in [1.807, 2.05) is 45.0 Å². The summed E-state index contributed by atoms with van der Waals surface area (Å²) in [6.07, 6.45) is 3.49. The molecule has 0 radical (unpaired) electrons. The molecule has 282 valence electrons. The molecule has 13 heteroatoms. The fraction of sp³-hybridized carbons (Fsp3) is 0.390. The molecule has 2 aromatic carbocycles. The number of nitrogens with zero attached hydrogens (tertiary/aromatic N) is 5. The minimum atomic E-state index is -0.591. The van der Waals surface area contributed by atoms with E-state index in [0.29, 0.717) is 61.6 Å². The zero-order chi connectivity index (χ0) is 38.5. The molecule has 1 atom stereocenters. The first-order valence-corrected chi connectivity index (χ1v) is 18.9. The maximum absolute atomic E-state index is 15.7. The van der Waals surface area contributed by atoms with E-state index in [9.17, 15) is 14.4 Å². The van der Waals surface area contributed by atoms with Crippen LogP contribution < -0.4 is 16.4 Å². The predicted molar refractivity (Wildman–Crippen MR) is 211 cm³/mol. The first-order valence-electron chi connectivity index (χ1n) is 18.1. The third-order valence-corrected chi connectivity index (χ3v) is 10.6. The smallest absolute Gasteiger partial charge is 0.282 e. The summed E-state index contributed by atoms with van der Waals surface area (Å²) >= 11 is 1.36. The number of ether oxygens (including phenoxy) is 1. The second-order valence-electron chi connectivity index (χ2n) is 15.9. The number of aromatic nitrogens is 4.